The number of rotatable bonds is 4. The third kappa shape index (κ3) is 4.80. The number of aromatic nitrogens is 2. The first kappa shape index (κ1) is 23.8. The van der Waals surface area contributed by atoms with Crippen LogP contribution in [-0.4, -0.2) is 24.0 Å². The zero-order chi connectivity index (χ0) is 25.4. The van der Waals surface area contributed by atoms with Gasteiger partial charge in [0, 0.05) is 5.69 Å². The van der Waals surface area contributed by atoms with Crippen LogP contribution in [0.15, 0.2) is 87.3 Å². The molecule has 35 heavy (non-hydrogen) atoms. The van der Waals surface area contributed by atoms with Crippen molar-refractivity contribution in [3.8, 4) is 5.69 Å². The Morgan fingerprint density at radius 3 is 2.20 bits per heavy atom. The van der Waals surface area contributed by atoms with Crippen LogP contribution in [0.25, 0.3) is 16.6 Å². The summed E-state index contributed by atoms with van der Waals surface area (Å²) >= 11 is 0. The van der Waals surface area contributed by atoms with E-state index in [9.17, 15) is 36.0 Å². The maximum absolute atomic E-state index is 13.1. The number of carbonyl (C=O) groups excluding carboxylic acids is 1. The van der Waals surface area contributed by atoms with Crippen LogP contribution in [0.3, 0.4) is 0 Å². The maximum Gasteiger partial charge on any atom is 0.417 e. The van der Waals surface area contributed by atoms with E-state index in [1.54, 1.807) is 24.3 Å². The normalized spacial score (nSPS) is 11.9. The Kier molecular flexibility index (Phi) is 5.94. The average Bonchev–Trinajstić information content (AvgIpc) is 2.79. The van der Waals surface area contributed by atoms with Gasteiger partial charge in [-0.25, -0.2) is 27.3 Å². The zero-order valence-electron chi connectivity index (χ0n) is 17.5. The molecule has 2 amide bonds. The zero-order valence-corrected chi connectivity index (χ0v) is 18.3. The maximum atomic E-state index is 13.1. The first-order valence-corrected chi connectivity index (χ1v) is 11.3. The highest BCUT2D eigenvalue weighted by molar-refractivity contribution is 7.90. The first-order valence-electron chi connectivity index (χ1n) is 9.82. The number of carbonyl (C=O) groups is 1. The van der Waals surface area contributed by atoms with Crippen molar-refractivity contribution in [2.75, 3.05) is 5.32 Å². The lowest BCUT2D eigenvalue weighted by Crippen LogP contribution is -2.35. The molecule has 0 aliphatic heterocycles. The van der Waals surface area contributed by atoms with E-state index >= 15 is 0 Å². The number of H-pyrrole nitrogens is 1. The van der Waals surface area contributed by atoms with Crippen molar-refractivity contribution in [3.63, 3.8) is 0 Å². The van der Waals surface area contributed by atoms with E-state index in [2.05, 4.69) is 10.3 Å². The highest BCUT2D eigenvalue weighted by Gasteiger charge is 2.37. The van der Waals surface area contributed by atoms with Crippen molar-refractivity contribution in [3.05, 3.63) is 99.2 Å². The summed E-state index contributed by atoms with van der Waals surface area (Å²) in [6.45, 7) is 0. The summed E-state index contributed by atoms with van der Waals surface area (Å²) in [5, 5.41) is 2.46. The minimum Gasteiger partial charge on any atom is -0.307 e. The van der Waals surface area contributed by atoms with Gasteiger partial charge in [0.15, 0.2) is 0 Å². The smallest absolute Gasteiger partial charge is 0.307 e. The SMILES string of the molecule is O=C(Nc1ccc(-n2c(=O)[nH]c3ccccc3c2=O)cc1)NS(=O)(=O)c1ccccc1C(F)(F)F. The van der Waals surface area contributed by atoms with Crippen LogP contribution in [0, 0.1) is 0 Å². The number of aromatic amines is 1. The molecule has 0 spiro atoms. The van der Waals surface area contributed by atoms with Crippen LogP contribution in [0.2, 0.25) is 0 Å². The van der Waals surface area contributed by atoms with E-state index in [0.717, 1.165) is 22.8 Å². The summed E-state index contributed by atoms with van der Waals surface area (Å²) in [6, 6.07) is 13.8. The molecule has 0 saturated heterocycles. The summed E-state index contributed by atoms with van der Waals surface area (Å²) < 4.78 is 66.6. The van der Waals surface area contributed by atoms with E-state index in [1.807, 2.05) is 0 Å². The molecule has 0 saturated carbocycles. The van der Waals surface area contributed by atoms with E-state index in [1.165, 1.54) is 29.0 Å². The number of hydrogen-bond acceptors (Lipinski definition) is 5. The van der Waals surface area contributed by atoms with Crippen LogP contribution in [0.5, 0.6) is 0 Å². The molecule has 3 aromatic carbocycles. The Hall–Kier alpha value is -4.39. The standard InChI is InChI=1S/C22H15F3N4O5S/c23-22(24,25)16-6-2-4-8-18(16)35(33,34)28-20(31)26-13-9-11-14(12-10-13)29-19(30)15-5-1-3-7-17(15)27-21(29)32/h1-12H,(H,27,32)(H2,26,28,31). The lowest BCUT2D eigenvalue weighted by molar-refractivity contribution is -0.139. The molecule has 0 radical (unpaired) electrons. The second-order valence-corrected chi connectivity index (χ2v) is 8.87. The number of sulfonamides is 1. The van der Waals surface area contributed by atoms with E-state index < -0.39 is 43.9 Å². The van der Waals surface area contributed by atoms with Gasteiger partial charge in [-0.2, -0.15) is 13.2 Å². The van der Waals surface area contributed by atoms with E-state index in [4.69, 9.17) is 0 Å². The number of fused-ring (bicyclic) bond motifs is 1. The molecule has 180 valence electrons. The number of halogens is 3. The number of hydrogen-bond donors (Lipinski definition) is 3. The molecule has 0 aliphatic rings. The molecule has 0 aliphatic carbocycles. The van der Waals surface area contributed by atoms with Crippen LogP contribution >= 0.6 is 0 Å². The Morgan fingerprint density at radius 1 is 0.886 bits per heavy atom. The van der Waals surface area contributed by atoms with Gasteiger partial charge in [-0.3, -0.25) is 4.79 Å². The fourth-order valence-corrected chi connectivity index (χ4v) is 4.50. The predicted molar refractivity (Wildman–Crippen MR) is 121 cm³/mol. The van der Waals surface area contributed by atoms with Crippen LogP contribution < -0.4 is 21.3 Å². The molecule has 4 aromatic rings. The van der Waals surface area contributed by atoms with Crippen molar-refractivity contribution in [2.45, 2.75) is 11.1 Å². The lowest BCUT2D eigenvalue weighted by Gasteiger charge is -2.14. The number of urea groups is 1. The Morgan fingerprint density at radius 2 is 1.51 bits per heavy atom. The van der Waals surface area contributed by atoms with Gasteiger partial charge in [-0.15, -0.1) is 0 Å². The number of nitrogens with one attached hydrogen (secondary N) is 3. The minimum absolute atomic E-state index is 0.0517. The number of para-hydroxylation sites is 1. The van der Waals surface area contributed by atoms with Gasteiger partial charge in [0.1, 0.15) is 0 Å². The molecule has 0 bridgehead atoms. The molecule has 3 N–H and O–H groups in total. The largest absolute Gasteiger partial charge is 0.417 e. The lowest BCUT2D eigenvalue weighted by atomic mass is 10.2. The van der Waals surface area contributed by atoms with Crippen LogP contribution in [-0.2, 0) is 16.2 Å². The summed E-state index contributed by atoms with van der Waals surface area (Å²) in [5.74, 6) is 0. The molecule has 0 atom stereocenters. The van der Waals surface area contributed by atoms with Crippen LogP contribution in [0.1, 0.15) is 5.56 Å². The van der Waals surface area contributed by atoms with Gasteiger partial charge in [-0.1, -0.05) is 24.3 Å². The number of benzene rings is 3. The Labute approximate surface area is 194 Å². The fourth-order valence-electron chi connectivity index (χ4n) is 3.36. The van der Waals surface area contributed by atoms with Gasteiger partial charge in [0.2, 0.25) is 0 Å². The quantitative estimate of drug-likeness (QED) is 0.393. The van der Waals surface area contributed by atoms with E-state index in [0.29, 0.717) is 11.6 Å². The second-order valence-electron chi connectivity index (χ2n) is 7.22. The minimum atomic E-state index is -4.95. The van der Waals surface area contributed by atoms with Gasteiger partial charge in [0.05, 0.1) is 27.0 Å². The molecule has 13 heteroatoms. The highest BCUT2D eigenvalue weighted by atomic mass is 32.2. The molecule has 4 rings (SSSR count). The molecule has 1 heterocycles. The first-order chi connectivity index (χ1) is 16.5. The summed E-state index contributed by atoms with van der Waals surface area (Å²) in [7, 11) is -4.85. The average molecular weight is 504 g/mol. The summed E-state index contributed by atoms with van der Waals surface area (Å²) in [6.07, 6.45) is -4.95. The third-order valence-electron chi connectivity index (χ3n) is 4.90. The Balaban J connectivity index is 1.56. The molecule has 0 unspecified atom stereocenters. The molecule has 9 nitrogen and oxygen atoms in total. The van der Waals surface area contributed by atoms with Crippen LogP contribution in [0.4, 0.5) is 23.7 Å². The van der Waals surface area contributed by atoms with Gasteiger partial charge < -0.3 is 10.3 Å². The Bertz CT molecular complexity index is 1660. The van der Waals surface area contributed by atoms with Crippen molar-refractivity contribution in [1.82, 2.24) is 14.3 Å². The fraction of sp³-hybridized carbons (Fsp3) is 0.0455. The van der Waals surface area contributed by atoms with Gasteiger partial charge >= 0.3 is 17.9 Å². The topological polar surface area (TPSA) is 130 Å². The van der Waals surface area contributed by atoms with Gasteiger partial charge in [0.25, 0.3) is 15.6 Å². The number of amides is 2. The monoisotopic (exact) mass is 504 g/mol. The summed E-state index contributed by atoms with van der Waals surface area (Å²) in [4.78, 5) is 38.8. The molecular weight excluding hydrogens is 489 g/mol. The third-order valence-corrected chi connectivity index (χ3v) is 6.29. The number of nitrogens with zero attached hydrogens (tertiary/aromatic N) is 1. The van der Waals surface area contributed by atoms with Crippen molar-refractivity contribution in [2.24, 2.45) is 0 Å². The molecular formula is C22H15F3N4O5S. The number of alkyl halides is 3. The van der Waals surface area contributed by atoms with Crippen molar-refractivity contribution >= 4 is 32.6 Å². The van der Waals surface area contributed by atoms with Crippen molar-refractivity contribution in [1.29, 1.82) is 0 Å². The predicted octanol–water partition coefficient (Wildman–Crippen LogP) is 3.21. The highest BCUT2D eigenvalue weighted by Crippen LogP contribution is 2.33. The molecule has 1 aromatic heterocycles. The van der Waals surface area contributed by atoms with Crippen molar-refractivity contribution < 1.29 is 26.4 Å². The molecule has 0 fully saturated rings. The van der Waals surface area contributed by atoms with Gasteiger partial charge in [-0.05, 0) is 48.5 Å². The second kappa shape index (κ2) is 8.76. The number of anilines is 1. The summed E-state index contributed by atoms with van der Waals surface area (Å²) in [5.41, 5.74) is -2.10. The van der Waals surface area contributed by atoms with E-state index in [-0.39, 0.29) is 16.8 Å².